The topological polar surface area (TPSA) is 67.4 Å². The van der Waals surface area contributed by atoms with Crippen molar-refractivity contribution in [3.05, 3.63) is 95.3 Å². The van der Waals surface area contributed by atoms with Gasteiger partial charge in [-0.05, 0) is 42.3 Å². The van der Waals surface area contributed by atoms with Crippen LogP contribution < -0.4 is 15.4 Å². The van der Waals surface area contributed by atoms with E-state index in [0.29, 0.717) is 16.8 Å². The summed E-state index contributed by atoms with van der Waals surface area (Å²) in [5.41, 5.74) is 2.24. The van der Waals surface area contributed by atoms with Gasteiger partial charge in [0.05, 0.1) is 30.8 Å². The van der Waals surface area contributed by atoms with Gasteiger partial charge in [0.15, 0.2) is 11.6 Å². The number of carbonyl (C=O) groups is 2. The van der Waals surface area contributed by atoms with Crippen LogP contribution in [0.2, 0.25) is 0 Å². The van der Waals surface area contributed by atoms with Crippen LogP contribution in [0.25, 0.3) is 0 Å². The molecule has 2 amide bonds. The summed E-state index contributed by atoms with van der Waals surface area (Å²) in [6.45, 7) is 1.90. The number of hydrogen-bond acceptors (Lipinski definition) is 3. The molecule has 0 unspecified atom stereocenters. The Bertz CT molecular complexity index is 1040. The van der Waals surface area contributed by atoms with Crippen LogP contribution in [0, 0.1) is 5.82 Å². The first kappa shape index (κ1) is 21.0. The summed E-state index contributed by atoms with van der Waals surface area (Å²) >= 11 is 0. The number of benzene rings is 3. The number of methoxy groups -OCH3 is 1. The van der Waals surface area contributed by atoms with Crippen molar-refractivity contribution < 1.29 is 18.7 Å². The van der Waals surface area contributed by atoms with Crippen molar-refractivity contribution in [2.24, 2.45) is 0 Å². The van der Waals surface area contributed by atoms with E-state index in [-0.39, 0.29) is 30.0 Å². The lowest BCUT2D eigenvalue weighted by Crippen LogP contribution is -2.28. The summed E-state index contributed by atoms with van der Waals surface area (Å²) in [5, 5.41) is 5.69. The zero-order chi connectivity index (χ0) is 21.5. The Morgan fingerprint density at radius 2 is 1.70 bits per heavy atom. The number of carbonyl (C=O) groups excluding carboxylic acids is 2. The molecule has 6 heteroatoms. The van der Waals surface area contributed by atoms with E-state index in [9.17, 15) is 14.0 Å². The average Bonchev–Trinajstić information content (AvgIpc) is 2.74. The Balaban J connectivity index is 1.69. The molecule has 0 fully saturated rings. The number of anilines is 1. The Kier molecular flexibility index (Phi) is 6.80. The summed E-state index contributed by atoms with van der Waals surface area (Å²) in [7, 11) is 1.38. The van der Waals surface area contributed by atoms with Crippen LogP contribution in [0.15, 0.2) is 72.8 Å². The predicted molar refractivity (Wildman–Crippen MR) is 114 cm³/mol. The van der Waals surface area contributed by atoms with Gasteiger partial charge in [-0.25, -0.2) is 4.39 Å². The van der Waals surface area contributed by atoms with Crippen molar-refractivity contribution >= 4 is 17.5 Å². The number of halogens is 1. The number of ether oxygens (including phenoxy) is 1. The highest BCUT2D eigenvalue weighted by Crippen LogP contribution is 2.20. The van der Waals surface area contributed by atoms with Crippen molar-refractivity contribution in [2.75, 3.05) is 12.4 Å². The minimum Gasteiger partial charge on any atom is -0.494 e. The SMILES string of the molecule is COc1ccc(CC(=O)Nc2ccccc2C(=O)N[C@H](C)c2ccccc2)cc1F. The third kappa shape index (κ3) is 5.23. The first-order valence-corrected chi connectivity index (χ1v) is 9.55. The van der Waals surface area contributed by atoms with Gasteiger partial charge >= 0.3 is 0 Å². The van der Waals surface area contributed by atoms with E-state index < -0.39 is 5.82 Å². The van der Waals surface area contributed by atoms with Gasteiger partial charge < -0.3 is 15.4 Å². The fourth-order valence-electron chi connectivity index (χ4n) is 3.09. The zero-order valence-electron chi connectivity index (χ0n) is 16.8. The fourth-order valence-corrected chi connectivity index (χ4v) is 3.09. The molecule has 0 saturated carbocycles. The molecule has 5 nitrogen and oxygen atoms in total. The summed E-state index contributed by atoms with van der Waals surface area (Å²) in [6.07, 6.45) is -0.0305. The molecule has 3 aromatic rings. The van der Waals surface area contributed by atoms with E-state index in [2.05, 4.69) is 10.6 Å². The highest BCUT2D eigenvalue weighted by atomic mass is 19.1. The third-order valence-corrected chi connectivity index (χ3v) is 4.67. The molecule has 1 atom stereocenters. The number of nitrogens with one attached hydrogen (secondary N) is 2. The lowest BCUT2D eigenvalue weighted by atomic mass is 10.1. The molecule has 0 bridgehead atoms. The van der Waals surface area contributed by atoms with Gasteiger partial charge in [0.1, 0.15) is 0 Å². The van der Waals surface area contributed by atoms with Gasteiger partial charge in [0.25, 0.3) is 5.91 Å². The van der Waals surface area contributed by atoms with E-state index in [1.807, 2.05) is 37.3 Å². The molecule has 30 heavy (non-hydrogen) atoms. The quantitative estimate of drug-likeness (QED) is 0.607. The Morgan fingerprint density at radius 3 is 2.40 bits per heavy atom. The summed E-state index contributed by atoms with van der Waals surface area (Å²) in [6, 6.07) is 20.6. The smallest absolute Gasteiger partial charge is 0.253 e. The first-order chi connectivity index (χ1) is 14.5. The molecule has 0 spiro atoms. The van der Waals surface area contributed by atoms with Crippen LogP contribution in [0.4, 0.5) is 10.1 Å². The van der Waals surface area contributed by atoms with Crippen LogP contribution in [-0.2, 0) is 11.2 Å². The van der Waals surface area contributed by atoms with E-state index in [0.717, 1.165) is 5.56 Å². The van der Waals surface area contributed by atoms with Crippen LogP contribution in [-0.4, -0.2) is 18.9 Å². The van der Waals surface area contributed by atoms with Gasteiger partial charge in [-0.2, -0.15) is 0 Å². The highest BCUT2D eigenvalue weighted by molar-refractivity contribution is 6.04. The normalized spacial score (nSPS) is 11.4. The molecule has 3 aromatic carbocycles. The van der Waals surface area contributed by atoms with Crippen LogP contribution >= 0.6 is 0 Å². The molecular formula is C24H23FN2O3. The van der Waals surface area contributed by atoms with Gasteiger partial charge in [0, 0.05) is 0 Å². The molecule has 0 radical (unpaired) electrons. The van der Waals surface area contributed by atoms with Crippen LogP contribution in [0.1, 0.15) is 34.5 Å². The Labute approximate surface area is 174 Å². The van der Waals surface area contributed by atoms with E-state index in [1.54, 1.807) is 30.3 Å². The second-order valence-corrected chi connectivity index (χ2v) is 6.85. The molecule has 2 N–H and O–H groups in total. The first-order valence-electron chi connectivity index (χ1n) is 9.55. The Morgan fingerprint density at radius 1 is 1.00 bits per heavy atom. The maximum atomic E-state index is 13.8. The van der Waals surface area contributed by atoms with Crippen LogP contribution in [0.5, 0.6) is 5.75 Å². The maximum Gasteiger partial charge on any atom is 0.253 e. The van der Waals surface area contributed by atoms with Crippen molar-refractivity contribution in [1.82, 2.24) is 5.32 Å². The molecular weight excluding hydrogens is 383 g/mol. The van der Waals surface area contributed by atoms with E-state index in [4.69, 9.17) is 4.74 Å². The second kappa shape index (κ2) is 9.69. The number of rotatable bonds is 7. The third-order valence-electron chi connectivity index (χ3n) is 4.67. The zero-order valence-corrected chi connectivity index (χ0v) is 16.8. The minimum absolute atomic E-state index is 0.0305. The van der Waals surface area contributed by atoms with Gasteiger partial charge in [0.2, 0.25) is 5.91 Å². The maximum absolute atomic E-state index is 13.8. The minimum atomic E-state index is -0.530. The summed E-state index contributed by atoms with van der Waals surface area (Å²) < 4.78 is 18.7. The van der Waals surface area contributed by atoms with Crippen molar-refractivity contribution in [3.8, 4) is 5.75 Å². The van der Waals surface area contributed by atoms with Gasteiger partial charge in [-0.15, -0.1) is 0 Å². The fraction of sp³-hybridized carbons (Fsp3) is 0.167. The van der Waals surface area contributed by atoms with Gasteiger partial charge in [-0.1, -0.05) is 48.5 Å². The summed E-state index contributed by atoms with van der Waals surface area (Å²) in [4.78, 5) is 25.2. The average molecular weight is 406 g/mol. The molecule has 0 aliphatic heterocycles. The van der Waals surface area contributed by atoms with Crippen molar-refractivity contribution in [2.45, 2.75) is 19.4 Å². The van der Waals surface area contributed by atoms with Crippen LogP contribution in [0.3, 0.4) is 0 Å². The van der Waals surface area contributed by atoms with Crippen molar-refractivity contribution in [3.63, 3.8) is 0 Å². The number of para-hydroxylation sites is 1. The molecule has 0 saturated heterocycles. The lowest BCUT2D eigenvalue weighted by Gasteiger charge is -2.16. The standard InChI is InChI=1S/C24H23FN2O3/c1-16(18-8-4-3-5-9-18)26-24(29)19-10-6-7-11-21(19)27-23(28)15-17-12-13-22(30-2)20(25)14-17/h3-14,16H,15H2,1-2H3,(H,26,29)(H,27,28)/t16-/m1/s1. The second-order valence-electron chi connectivity index (χ2n) is 6.85. The number of amides is 2. The largest absolute Gasteiger partial charge is 0.494 e. The molecule has 154 valence electrons. The molecule has 0 aromatic heterocycles. The van der Waals surface area contributed by atoms with E-state index in [1.165, 1.54) is 19.2 Å². The molecule has 0 heterocycles. The van der Waals surface area contributed by atoms with Gasteiger partial charge in [-0.3, -0.25) is 9.59 Å². The monoisotopic (exact) mass is 406 g/mol. The molecule has 0 aliphatic rings. The lowest BCUT2D eigenvalue weighted by molar-refractivity contribution is -0.115. The summed E-state index contributed by atoms with van der Waals surface area (Å²) in [5.74, 6) is -1.06. The molecule has 0 aliphatic carbocycles. The predicted octanol–water partition coefficient (Wildman–Crippen LogP) is 4.51. The molecule has 3 rings (SSSR count). The van der Waals surface area contributed by atoms with Crippen molar-refractivity contribution in [1.29, 1.82) is 0 Å². The van der Waals surface area contributed by atoms with E-state index >= 15 is 0 Å². The number of hydrogen-bond donors (Lipinski definition) is 2. The Hall–Kier alpha value is -3.67. The highest BCUT2D eigenvalue weighted by Gasteiger charge is 2.16.